The molecule has 4 saturated carbocycles. The third-order valence-corrected chi connectivity index (χ3v) is 9.12. The van der Waals surface area contributed by atoms with E-state index >= 15 is 0 Å². The minimum absolute atomic E-state index is 0.339. The number of aromatic nitrogens is 2. The second kappa shape index (κ2) is 8.18. The molecule has 0 radical (unpaired) electrons. The highest BCUT2D eigenvalue weighted by atomic mass is 16.2. The van der Waals surface area contributed by atoms with Crippen LogP contribution < -0.4 is 9.80 Å². The maximum absolute atomic E-state index is 13.3. The van der Waals surface area contributed by atoms with E-state index in [4.69, 9.17) is 9.97 Å². The van der Waals surface area contributed by atoms with E-state index in [1.807, 2.05) is 0 Å². The first-order chi connectivity index (χ1) is 15.6. The van der Waals surface area contributed by atoms with Gasteiger partial charge in [0.05, 0.1) is 0 Å². The fourth-order valence-corrected chi connectivity index (χ4v) is 8.06. The van der Waals surface area contributed by atoms with Gasteiger partial charge >= 0.3 is 0 Å². The van der Waals surface area contributed by atoms with Gasteiger partial charge < -0.3 is 14.7 Å². The minimum Gasteiger partial charge on any atom is -0.356 e. The smallest absolute Gasteiger partial charge is 0.227 e. The Labute approximate surface area is 192 Å². The van der Waals surface area contributed by atoms with Crippen LogP contribution >= 0.6 is 0 Å². The van der Waals surface area contributed by atoms with E-state index in [9.17, 15) is 4.79 Å². The molecule has 1 amide bonds. The number of carbonyl (C=O) groups excluding carboxylic acids is 1. The van der Waals surface area contributed by atoms with Crippen LogP contribution in [-0.4, -0.2) is 60.0 Å². The summed E-state index contributed by atoms with van der Waals surface area (Å²) < 4.78 is 0. The molecule has 0 N–H and O–H groups in total. The van der Waals surface area contributed by atoms with Crippen molar-refractivity contribution in [2.24, 2.45) is 23.2 Å². The summed E-state index contributed by atoms with van der Waals surface area (Å²) in [6, 6.07) is 2.13. The Morgan fingerprint density at radius 1 is 0.875 bits per heavy atom. The van der Waals surface area contributed by atoms with E-state index in [0.717, 1.165) is 80.9 Å². The summed E-state index contributed by atoms with van der Waals surface area (Å²) in [4.78, 5) is 29.8. The molecule has 3 heterocycles. The number of rotatable bonds is 4. The van der Waals surface area contributed by atoms with Gasteiger partial charge in [-0.25, -0.2) is 4.98 Å². The second-order valence-electron chi connectivity index (χ2n) is 11.7. The average molecular weight is 438 g/mol. The van der Waals surface area contributed by atoms with Crippen molar-refractivity contribution in [1.29, 1.82) is 0 Å². The molecular formula is C26H39N5O. The van der Waals surface area contributed by atoms with Crippen molar-refractivity contribution in [1.82, 2.24) is 14.9 Å². The SMILES string of the molecule is Cc1cc(N2CCCCC2)nc(N2CCN(C(=O)CC34CC5CC(CC(C5)C3)C4)CC2)n1. The van der Waals surface area contributed by atoms with Gasteiger partial charge in [-0.15, -0.1) is 0 Å². The van der Waals surface area contributed by atoms with Crippen LogP contribution in [0.2, 0.25) is 0 Å². The van der Waals surface area contributed by atoms with E-state index in [1.54, 1.807) is 0 Å². The Hall–Kier alpha value is -1.85. The Morgan fingerprint density at radius 3 is 2.12 bits per heavy atom. The molecule has 174 valence electrons. The van der Waals surface area contributed by atoms with Crippen LogP contribution in [0.15, 0.2) is 6.07 Å². The maximum Gasteiger partial charge on any atom is 0.227 e. The number of nitrogens with zero attached hydrogens (tertiary/aromatic N) is 5. The Bertz CT molecular complexity index is 820. The second-order valence-corrected chi connectivity index (χ2v) is 11.7. The van der Waals surface area contributed by atoms with Crippen molar-refractivity contribution in [2.45, 2.75) is 71.1 Å². The van der Waals surface area contributed by atoms with Crippen molar-refractivity contribution in [3.05, 3.63) is 11.8 Å². The van der Waals surface area contributed by atoms with Gasteiger partial charge in [0, 0.05) is 57.4 Å². The third-order valence-electron chi connectivity index (χ3n) is 9.12. The first-order valence-electron chi connectivity index (χ1n) is 13.2. The number of hydrogen-bond acceptors (Lipinski definition) is 5. The Balaban J connectivity index is 1.08. The number of piperidine rings is 1. The van der Waals surface area contributed by atoms with Crippen molar-refractivity contribution in [3.63, 3.8) is 0 Å². The highest BCUT2D eigenvalue weighted by Gasteiger charge is 2.51. The zero-order chi connectivity index (χ0) is 21.7. The molecule has 4 aliphatic carbocycles. The molecule has 6 nitrogen and oxygen atoms in total. The van der Waals surface area contributed by atoms with Crippen molar-refractivity contribution >= 4 is 17.7 Å². The van der Waals surface area contributed by atoms with Crippen LogP contribution in [0.25, 0.3) is 0 Å². The minimum atomic E-state index is 0.339. The zero-order valence-corrected chi connectivity index (χ0v) is 19.8. The van der Waals surface area contributed by atoms with Gasteiger partial charge in [-0.2, -0.15) is 4.98 Å². The molecule has 1 aromatic rings. The number of hydrogen-bond donors (Lipinski definition) is 0. The molecule has 0 unspecified atom stereocenters. The molecule has 0 atom stereocenters. The molecule has 0 spiro atoms. The molecule has 1 aromatic heterocycles. The predicted molar refractivity (Wildman–Crippen MR) is 127 cm³/mol. The fourth-order valence-electron chi connectivity index (χ4n) is 8.06. The molecule has 6 aliphatic rings. The highest BCUT2D eigenvalue weighted by molar-refractivity contribution is 5.77. The standard InChI is InChI=1S/C26H39N5O/c1-19-11-23(29-5-3-2-4-6-29)28-25(27-19)31-9-7-30(8-10-31)24(32)18-26-15-20-12-21(16-26)14-22(13-20)17-26/h11,20-22H,2-10,12-18H2,1H3. The van der Waals surface area contributed by atoms with Gasteiger partial charge in [-0.1, -0.05) is 0 Å². The van der Waals surface area contributed by atoms with Crippen LogP contribution in [-0.2, 0) is 4.79 Å². The molecule has 0 aromatic carbocycles. The molecule has 6 heteroatoms. The molecule has 4 bridgehead atoms. The number of aryl methyl sites for hydroxylation is 1. The number of carbonyl (C=O) groups is 1. The monoisotopic (exact) mass is 437 g/mol. The first-order valence-corrected chi connectivity index (χ1v) is 13.2. The normalized spacial score (nSPS) is 34.3. The van der Waals surface area contributed by atoms with Crippen LogP contribution in [0.4, 0.5) is 11.8 Å². The predicted octanol–water partition coefficient (Wildman–Crippen LogP) is 4.03. The van der Waals surface area contributed by atoms with Gasteiger partial charge in [0.15, 0.2) is 0 Å². The van der Waals surface area contributed by atoms with Gasteiger partial charge in [-0.05, 0) is 87.9 Å². The molecule has 6 fully saturated rings. The van der Waals surface area contributed by atoms with Crippen molar-refractivity contribution in [2.75, 3.05) is 49.1 Å². The summed E-state index contributed by atoms with van der Waals surface area (Å²) in [6.07, 6.45) is 12.9. The van der Waals surface area contributed by atoms with Gasteiger partial charge in [0.2, 0.25) is 11.9 Å². The van der Waals surface area contributed by atoms with E-state index in [-0.39, 0.29) is 0 Å². The fraction of sp³-hybridized carbons (Fsp3) is 0.808. The summed E-state index contributed by atoms with van der Waals surface area (Å²) >= 11 is 0. The zero-order valence-electron chi connectivity index (χ0n) is 19.8. The van der Waals surface area contributed by atoms with Gasteiger partial charge in [0.1, 0.15) is 5.82 Å². The van der Waals surface area contributed by atoms with Crippen LogP contribution in [0.1, 0.15) is 69.9 Å². The lowest BCUT2D eigenvalue weighted by molar-refractivity contribution is -0.139. The Kier molecular flexibility index (Phi) is 5.30. The lowest BCUT2D eigenvalue weighted by atomic mass is 9.49. The summed E-state index contributed by atoms with van der Waals surface area (Å²) in [5, 5.41) is 0. The van der Waals surface area contributed by atoms with Crippen molar-refractivity contribution < 1.29 is 4.79 Å². The Morgan fingerprint density at radius 2 is 1.50 bits per heavy atom. The number of amides is 1. The molecular weight excluding hydrogens is 398 g/mol. The lowest BCUT2D eigenvalue weighted by Gasteiger charge is -2.57. The van der Waals surface area contributed by atoms with Crippen molar-refractivity contribution in [3.8, 4) is 0 Å². The van der Waals surface area contributed by atoms with Gasteiger partial charge in [-0.3, -0.25) is 4.79 Å². The van der Waals surface area contributed by atoms with E-state index in [0.29, 0.717) is 11.3 Å². The molecule has 7 rings (SSSR count). The summed E-state index contributed by atoms with van der Waals surface area (Å²) in [7, 11) is 0. The summed E-state index contributed by atoms with van der Waals surface area (Å²) in [5.41, 5.74) is 1.38. The highest BCUT2D eigenvalue weighted by Crippen LogP contribution is 2.61. The van der Waals surface area contributed by atoms with Crippen LogP contribution in [0.3, 0.4) is 0 Å². The van der Waals surface area contributed by atoms with E-state index in [2.05, 4.69) is 27.7 Å². The third kappa shape index (κ3) is 3.99. The maximum atomic E-state index is 13.3. The summed E-state index contributed by atoms with van der Waals surface area (Å²) in [6.45, 7) is 7.57. The lowest BCUT2D eigenvalue weighted by Crippen LogP contribution is -2.52. The summed E-state index contributed by atoms with van der Waals surface area (Å²) in [5.74, 6) is 5.08. The largest absolute Gasteiger partial charge is 0.356 e. The topological polar surface area (TPSA) is 52.6 Å². The molecule has 2 aliphatic heterocycles. The van der Waals surface area contributed by atoms with Crippen LogP contribution in [0.5, 0.6) is 0 Å². The molecule has 32 heavy (non-hydrogen) atoms. The molecule has 2 saturated heterocycles. The quantitative estimate of drug-likeness (QED) is 0.712. The van der Waals surface area contributed by atoms with E-state index < -0.39 is 0 Å². The van der Waals surface area contributed by atoms with E-state index in [1.165, 1.54) is 57.8 Å². The number of anilines is 2. The van der Waals surface area contributed by atoms with Crippen LogP contribution in [0, 0.1) is 30.1 Å². The average Bonchev–Trinajstić information content (AvgIpc) is 2.78. The van der Waals surface area contributed by atoms with Gasteiger partial charge in [0.25, 0.3) is 0 Å². The number of piperazine rings is 1. The first kappa shape index (κ1) is 20.7.